The SMILES string of the molecule is CCC(N)C(c1cccc(Cl)c1)N(CC(C)C)C1CC1. The van der Waals surface area contributed by atoms with E-state index in [9.17, 15) is 0 Å². The first-order valence-corrected chi connectivity index (χ1v) is 8.17. The highest BCUT2D eigenvalue weighted by Crippen LogP contribution is 2.37. The summed E-state index contributed by atoms with van der Waals surface area (Å²) in [5, 5.41) is 0.802. The standard InChI is InChI=1S/C17H27ClN2/c1-4-16(19)17(13-6-5-7-14(18)10-13)20(11-12(2)3)15-8-9-15/h5-7,10,12,15-17H,4,8-9,11,19H2,1-3H3. The van der Waals surface area contributed by atoms with Crippen LogP contribution >= 0.6 is 11.6 Å². The summed E-state index contributed by atoms with van der Waals surface area (Å²) in [6, 6.07) is 9.37. The Morgan fingerprint density at radius 1 is 1.35 bits per heavy atom. The zero-order chi connectivity index (χ0) is 14.7. The lowest BCUT2D eigenvalue weighted by Crippen LogP contribution is -2.43. The first kappa shape index (κ1) is 15.8. The van der Waals surface area contributed by atoms with E-state index < -0.39 is 0 Å². The lowest BCUT2D eigenvalue weighted by molar-refractivity contribution is 0.141. The molecule has 1 aliphatic carbocycles. The Morgan fingerprint density at radius 2 is 2.05 bits per heavy atom. The van der Waals surface area contributed by atoms with Gasteiger partial charge >= 0.3 is 0 Å². The molecule has 2 atom stereocenters. The van der Waals surface area contributed by atoms with Crippen LogP contribution < -0.4 is 5.73 Å². The second-order valence-electron chi connectivity index (χ2n) is 6.39. The van der Waals surface area contributed by atoms with Crippen LogP contribution in [-0.4, -0.2) is 23.5 Å². The number of rotatable bonds is 7. The molecule has 1 aromatic rings. The van der Waals surface area contributed by atoms with Crippen molar-refractivity contribution in [1.82, 2.24) is 4.90 Å². The van der Waals surface area contributed by atoms with Gasteiger partial charge in [-0.05, 0) is 42.9 Å². The van der Waals surface area contributed by atoms with Gasteiger partial charge in [-0.1, -0.05) is 44.5 Å². The van der Waals surface area contributed by atoms with Gasteiger partial charge in [-0.2, -0.15) is 0 Å². The second-order valence-corrected chi connectivity index (χ2v) is 6.83. The van der Waals surface area contributed by atoms with Gasteiger partial charge in [0, 0.05) is 23.7 Å². The van der Waals surface area contributed by atoms with Crippen LogP contribution in [0.5, 0.6) is 0 Å². The number of benzene rings is 1. The molecule has 1 aliphatic rings. The molecule has 0 spiro atoms. The minimum atomic E-state index is 0.160. The molecule has 2 nitrogen and oxygen atoms in total. The highest BCUT2D eigenvalue weighted by Gasteiger charge is 2.37. The summed E-state index contributed by atoms with van der Waals surface area (Å²) in [4.78, 5) is 2.62. The highest BCUT2D eigenvalue weighted by molar-refractivity contribution is 6.30. The number of nitrogens with zero attached hydrogens (tertiary/aromatic N) is 1. The molecule has 0 heterocycles. The fraction of sp³-hybridized carbons (Fsp3) is 0.647. The third-order valence-corrected chi connectivity index (χ3v) is 4.25. The van der Waals surface area contributed by atoms with Crippen LogP contribution in [0.25, 0.3) is 0 Å². The van der Waals surface area contributed by atoms with E-state index in [0.29, 0.717) is 12.0 Å². The molecule has 1 fully saturated rings. The van der Waals surface area contributed by atoms with Gasteiger partial charge in [0.05, 0.1) is 6.04 Å². The molecule has 2 rings (SSSR count). The maximum Gasteiger partial charge on any atom is 0.0502 e. The number of hydrogen-bond donors (Lipinski definition) is 1. The van der Waals surface area contributed by atoms with Crippen molar-refractivity contribution in [3.05, 3.63) is 34.9 Å². The van der Waals surface area contributed by atoms with E-state index in [4.69, 9.17) is 17.3 Å². The Hall–Kier alpha value is -0.570. The maximum absolute atomic E-state index is 6.46. The molecule has 0 saturated heterocycles. The van der Waals surface area contributed by atoms with E-state index in [0.717, 1.165) is 18.0 Å². The molecule has 1 saturated carbocycles. The highest BCUT2D eigenvalue weighted by atomic mass is 35.5. The average molecular weight is 295 g/mol. The van der Waals surface area contributed by atoms with Crippen molar-refractivity contribution in [3.63, 3.8) is 0 Å². The molecule has 20 heavy (non-hydrogen) atoms. The van der Waals surface area contributed by atoms with Gasteiger partial charge in [0.25, 0.3) is 0 Å². The van der Waals surface area contributed by atoms with Crippen LogP contribution in [0.4, 0.5) is 0 Å². The molecule has 2 unspecified atom stereocenters. The molecule has 2 N–H and O–H groups in total. The summed E-state index contributed by atoms with van der Waals surface area (Å²) in [5.74, 6) is 0.654. The Balaban J connectivity index is 2.29. The summed E-state index contributed by atoms with van der Waals surface area (Å²) in [5.41, 5.74) is 7.72. The van der Waals surface area contributed by atoms with Crippen molar-refractivity contribution in [2.75, 3.05) is 6.54 Å². The zero-order valence-corrected chi connectivity index (χ0v) is 13.6. The Kier molecular flexibility index (Phi) is 5.48. The molecule has 0 radical (unpaired) electrons. The van der Waals surface area contributed by atoms with Crippen molar-refractivity contribution in [2.45, 2.75) is 58.2 Å². The van der Waals surface area contributed by atoms with Gasteiger partial charge in [-0.15, -0.1) is 0 Å². The van der Waals surface area contributed by atoms with Crippen LogP contribution in [0, 0.1) is 5.92 Å². The monoisotopic (exact) mass is 294 g/mol. The van der Waals surface area contributed by atoms with E-state index in [1.165, 1.54) is 18.4 Å². The Labute approximate surface area is 128 Å². The van der Waals surface area contributed by atoms with Crippen LogP contribution in [0.3, 0.4) is 0 Å². The van der Waals surface area contributed by atoms with Crippen molar-refractivity contribution in [3.8, 4) is 0 Å². The van der Waals surface area contributed by atoms with E-state index in [1.807, 2.05) is 12.1 Å². The minimum absolute atomic E-state index is 0.160. The van der Waals surface area contributed by atoms with Crippen molar-refractivity contribution < 1.29 is 0 Å². The van der Waals surface area contributed by atoms with Crippen molar-refractivity contribution in [2.24, 2.45) is 11.7 Å². The fourth-order valence-corrected chi connectivity index (χ4v) is 3.11. The number of halogens is 1. The summed E-state index contributed by atoms with van der Waals surface area (Å²) < 4.78 is 0. The molecule has 112 valence electrons. The molecule has 0 aliphatic heterocycles. The molecule has 1 aromatic carbocycles. The van der Waals surface area contributed by atoms with Crippen molar-refractivity contribution >= 4 is 11.6 Å². The summed E-state index contributed by atoms with van der Waals surface area (Å²) in [6.45, 7) is 7.84. The maximum atomic E-state index is 6.46. The molecule has 0 aromatic heterocycles. The van der Waals surface area contributed by atoms with Crippen LogP contribution in [0.15, 0.2) is 24.3 Å². The van der Waals surface area contributed by atoms with Gasteiger partial charge in [-0.3, -0.25) is 4.90 Å². The first-order chi connectivity index (χ1) is 9.52. The van der Waals surface area contributed by atoms with E-state index in [-0.39, 0.29) is 12.1 Å². The summed E-state index contributed by atoms with van der Waals surface area (Å²) in [7, 11) is 0. The van der Waals surface area contributed by atoms with Gasteiger partial charge in [-0.25, -0.2) is 0 Å². The minimum Gasteiger partial charge on any atom is -0.326 e. The Morgan fingerprint density at radius 3 is 2.55 bits per heavy atom. The molecular formula is C17H27ClN2. The van der Waals surface area contributed by atoms with Crippen LogP contribution in [0.2, 0.25) is 5.02 Å². The van der Waals surface area contributed by atoms with Crippen molar-refractivity contribution in [1.29, 1.82) is 0 Å². The normalized spacial score (nSPS) is 18.6. The largest absolute Gasteiger partial charge is 0.326 e. The fourth-order valence-electron chi connectivity index (χ4n) is 2.92. The smallest absolute Gasteiger partial charge is 0.0502 e. The molecule has 0 bridgehead atoms. The topological polar surface area (TPSA) is 29.3 Å². The van der Waals surface area contributed by atoms with Gasteiger partial charge in [0.1, 0.15) is 0 Å². The summed E-state index contributed by atoms with van der Waals surface area (Å²) in [6.07, 6.45) is 3.60. The van der Waals surface area contributed by atoms with Crippen LogP contribution in [-0.2, 0) is 0 Å². The molecule has 0 amide bonds. The predicted molar refractivity (Wildman–Crippen MR) is 87.0 cm³/mol. The van der Waals surface area contributed by atoms with E-state index >= 15 is 0 Å². The van der Waals surface area contributed by atoms with E-state index in [2.05, 4.69) is 37.8 Å². The quantitative estimate of drug-likeness (QED) is 0.815. The second kappa shape index (κ2) is 6.93. The van der Waals surface area contributed by atoms with Gasteiger partial charge < -0.3 is 5.73 Å². The van der Waals surface area contributed by atoms with Crippen LogP contribution in [0.1, 0.15) is 51.6 Å². The Bertz CT molecular complexity index is 429. The lowest BCUT2D eigenvalue weighted by Gasteiger charge is -2.37. The first-order valence-electron chi connectivity index (χ1n) is 7.79. The van der Waals surface area contributed by atoms with E-state index in [1.54, 1.807) is 0 Å². The average Bonchev–Trinajstić information content (AvgIpc) is 3.21. The number of hydrogen-bond acceptors (Lipinski definition) is 2. The third kappa shape index (κ3) is 3.97. The summed E-state index contributed by atoms with van der Waals surface area (Å²) >= 11 is 6.18. The zero-order valence-electron chi connectivity index (χ0n) is 12.8. The molecular weight excluding hydrogens is 268 g/mol. The predicted octanol–water partition coefficient (Wildman–Crippen LogP) is 4.24. The lowest BCUT2D eigenvalue weighted by atomic mass is 9.95. The third-order valence-electron chi connectivity index (χ3n) is 4.02. The molecule has 3 heteroatoms. The number of nitrogens with two attached hydrogens (primary N) is 1. The van der Waals surface area contributed by atoms with Gasteiger partial charge in [0.15, 0.2) is 0 Å². The van der Waals surface area contributed by atoms with Gasteiger partial charge in [0.2, 0.25) is 0 Å².